The van der Waals surface area contributed by atoms with Crippen LogP contribution in [0.4, 0.5) is 5.69 Å². The molecule has 0 saturated heterocycles. The first kappa shape index (κ1) is 24.4. The summed E-state index contributed by atoms with van der Waals surface area (Å²) in [6.45, 7) is 9.04. The number of anilines is 1. The molecular weight excluding hydrogens is 356 g/mol. The fraction of sp³-hybridized carbons (Fsp3) is 0.346. The maximum Gasteiger partial charge on any atom is 0.0586 e. The number of rotatable bonds is 3. The van der Waals surface area contributed by atoms with Crippen molar-refractivity contribution in [2.45, 2.75) is 46.6 Å². The van der Waals surface area contributed by atoms with Gasteiger partial charge in [0.15, 0.2) is 0 Å². The Morgan fingerprint density at radius 3 is 2.17 bits per heavy atom. The second-order valence-electron chi connectivity index (χ2n) is 6.06. The molecule has 0 spiro atoms. The van der Waals surface area contributed by atoms with Crippen molar-refractivity contribution in [2.75, 3.05) is 18.6 Å². The Hall–Kier alpha value is -2.65. The molecule has 156 valence electrons. The molecule has 3 aromatic rings. The molecule has 1 unspecified atom stereocenters. The normalized spacial score (nSPS) is 14.0. The zero-order chi connectivity index (χ0) is 21.5. The molecular formula is C26H36N2O. The molecule has 0 fully saturated rings. The summed E-state index contributed by atoms with van der Waals surface area (Å²) in [6, 6.07) is 24.2. The van der Waals surface area contributed by atoms with Gasteiger partial charge in [0.05, 0.1) is 17.9 Å². The summed E-state index contributed by atoms with van der Waals surface area (Å²) in [7, 11) is 1.00. The topological polar surface area (TPSA) is 36.4 Å². The second-order valence-corrected chi connectivity index (χ2v) is 6.06. The molecule has 29 heavy (non-hydrogen) atoms. The molecule has 3 nitrogen and oxygen atoms in total. The third-order valence-electron chi connectivity index (χ3n) is 4.66. The molecule has 2 heterocycles. The average molecular weight is 393 g/mol. The Morgan fingerprint density at radius 2 is 1.52 bits per heavy atom. The minimum absolute atomic E-state index is 0.367. The number of pyridine rings is 1. The van der Waals surface area contributed by atoms with Crippen LogP contribution in [0.15, 0.2) is 79.1 Å². The van der Waals surface area contributed by atoms with Gasteiger partial charge in [-0.2, -0.15) is 0 Å². The molecule has 1 N–H and O–H groups in total. The summed E-state index contributed by atoms with van der Waals surface area (Å²) in [5.41, 5.74) is 5.52. The van der Waals surface area contributed by atoms with E-state index in [1.54, 1.807) is 0 Å². The van der Waals surface area contributed by atoms with E-state index >= 15 is 0 Å². The van der Waals surface area contributed by atoms with Gasteiger partial charge in [0, 0.05) is 19.9 Å². The fourth-order valence-corrected chi connectivity index (χ4v) is 3.54. The lowest BCUT2D eigenvalue weighted by Crippen LogP contribution is -2.36. The lowest BCUT2D eigenvalue weighted by Gasteiger charge is -2.39. The van der Waals surface area contributed by atoms with Crippen LogP contribution < -0.4 is 4.90 Å². The first-order valence-corrected chi connectivity index (χ1v) is 10.6. The van der Waals surface area contributed by atoms with Crippen molar-refractivity contribution in [3.05, 3.63) is 95.8 Å². The average Bonchev–Trinajstić information content (AvgIpc) is 2.84. The van der Waals surface area contributed by atoms with Crippen molar-refractivity contribution in [2.24, 2.45) is 0 Å². The van der Waals surface area contributed by atoms with E-state index < -0.39 is 0 Å². The zero-order valence-corrected chi connectivity index (χ0v) is 18.5. The zero-order valence-electron chi connectivity index (χ0n) is 18.5. The lowest BCUT2D eigenvalue weighted by atomic mass is 9.88. The molecule has 0 saturated carbocycles. The fourth-order valence-electron chi connectivity index (χ4n) is 3.54. The Balaban J connectivity index is 0.000000644. The number of benzene rings is 2. The van der Waals surface area contributed by atoms with Crippen LogP contribution in [0.25, 0.3) is 0 Å². The van der Waals surface area contributed by atoms with Crippen LogP contribution in [0.5, 0.6) is 0 Å². The van der Waals surface area contributed by atoms with Gasteiger partial charge in [0.2, 0.25) is 0 Å². The van der Waals surface area contributed by atoms with Crippen LogP contribution in [-0.2, 0) is 12.8 Å². The summed E-state index contributed by atoms with van der Waals surface area (Å²) in [4.78, 5) is 6.82. The van der Waals surface area contributed by atoms with Crippen LogP contribution in [0.1, 0.15) is 50.4 Å². The van der Waals surface area contributed by atoms with Crippen LogP contribution in [0.2, 0.25) is 0 Å². The number of fused-ring (bicyclic) bond motifs is 1. The number of hydrogen-bond acceptors (Lipinski definition) is 3. The third-order valence-corrected chi connectivity index (χ3v) is 4.66. The lowest BCUT2D eigenvalue weighted by molar-refractivity contribution is 0.399. The Kier molecular flexibility index (Phi) is 12.1. The van der Waals surface area contributed by atoms with E-state index in [9.17, 15) is 0 Å². The second kappa shape index (κ2) is 14.4. The molecule has 1 atom stereocenters. The highest BCUT2D eigenvalue weighted by molar-refractivity contribution is 5.51. The van der Waals surface area contributed by atoms with Gasteiger partial charge in [-0.25, -0.2) is 0 Å². The first-order valence-electron chi connectivity index (χ1n) is 10.6. The molecule has 4 rings (SSSR count). The maximum absolute atomic E-state index is 7.00. The van der Waals surface area contributed by atoms with Gasteiger partial charge in [-0.3, -0.25) is 4.98 Å². The molecule has 0 radical (unpaired) electrons. The van der Waals surface area contributed by atoms with Crippen molar-refractivity contribution in [3.63, 3.8) is 0 Å². The van der Waals surface area contributed by atoms with Crippen molar-refractivity contribution < 1.29 is 5.11 Å². The van der Waals surface area contributed by atoms with Crippen molar-refractivity contribution in [1.82, 2.24) is 4.98 Å². The SMILES string of the molecule is CC.CC.CO.c1ccc(CC2c3ccccc3CCN2c2cccnc2)cc1. The van der Waals surface area contributed by atoms with Gasteiger partial charge < -0.3 is 10.0 Å². The van der Waals surface area contributed by atoms with Crippen molar-refractivity contribution >= 4 is 5.69 Å². The van der Waals surface area contributed by atoms with Crippen LogP contribution >= 0.6 is 0 Å². The summed E-state index contributed by atoms with van der Waals surface area (Å²) in [5, 5.41) is 7.00. The van der Waals surface area contributed by atoms with Crippen molar-refractivity contribution in [3.8, 4) is 0 Å². The molecule has 0 amide bonds. The number of hydrogen-bond donors (Lipinski definition) is 1. The van der Waals surface area contributed by atoms with E-state index in [4.69, 9.17) is 5.11 Å². The molecule has 0 bridgehead atoms. The number of aromatic nitrogens is 1. The molecule has 1 aliphatic heterocycles. The summed E-state index contributed by atoms with van der Waals surface area (Å²) in [6.07, 6.45) is 5.93. The van der Waals surface area contributed by atoms with E-state index in [-0.39, 0.29) is 0 Å². The molecule has 2 aromatic carbocycles. The van der Waals surface area contributed by atoms with Gasteiger partial charge >= 0.3 is 0 Å². The van der Waals surface area contributed by atoms with Crippen molar-refractivity contribution in [1.29, 1.82) is 0 Å². The predicted octanol–water partition coefficient (Wildman–Crippen LogP) is 6.09. The Bertz CT molecular complexity index is 775. The minimum Gasteiger partial charge on any atom is -0.400 e. The third kappa shape index (κ3) is 6.72. The van der Waals surface area contributed by atoms with E-state index in [2.05, 4.69) is 70.5 Å². The van der Waals surface area contributed by atoms with Crippen LogP contribution in [0, 0.1) is 0 Å². The highest BCUT2D eigenvalue weighted by Gasteiger charge is 2.27. The van der Waals surface area contributed by atoms with E-state index in [1.807, 2.05) is 46.2 Å². The van der Waals surface area contributed by atoms with E-state index in [0.717, 1.165) is 26.5 Å². The van der Waals surface area contributed by atoms with Gasteiger partial charge in [0.1, 0.15) is 0 Å². The van der Waals surface area contributed by atoms with E-state index in [0.29, 0.717) is 6.04 Å². The van der Waals surface area contributed by atoms with Gasteiger partial charge in [-0.1, -0.05) is 82.3 Å². The number of aliphatic hydroxyl groups is 1. The minimum atomic E-state index is 0.367. The standard InChI is InChI=1S/C21H20N2.2C2H6.CH4O/c1-2-7-17(8-3-1)15-21-20-11-5-4-9-18(20)12-14-23(21)19-10-6-13-22-16-19;3*1-2/h1-11,13,16,21H,12,14-15H2;2*1-2H3;2H,1H3. The summed E-state index contributed by atoms with van der Waals surface area (Å²) in [5.74, 6) is 0. The van der Waals surface area contributed by atoms with Crippen LogP contribution in [-0.4, -0.2) is 23.7 Å². The number of aliphatic hydroxyl groups excluding tert-OH is 1. The quantitative estimate of drug-likeness (QED) is 0.586. The molecule has 3 heteroatoms. The monoisotopic (exact) mass is 392 g/mol. The number of nitrogens with zero attached hydrogens (tertiary/aromatic N) is 2. The largest absolute Gasteiger partial charge is 0.400 e. The Labute approximate surface area is 177 Å². The summed E-state index contributed by atoms with van der Waals surface area (Å²) >= 11 is 0. The first-order chi connectivity index (χ1) is 14.4. The Morgan fingerprint density at radius 1 is 0.862 bits per heavy atom. The molecule has 0 aliphatic carbocycles. The van der Waals surface area contributed by atoms with E-state index in [1.165, 1.54) is 22.4 Å². The molecule has 1 aromatic heterocycles. The van der Waals surface area contributed by atoms with Crippen LogP contribution in [0.3, 0.4) is 0 Å². The van der Waals surface area contributed by atoms with Gasteiger partial charge in [-0.05, 0) is 41.7 Å². The summed E-state index contributed by atoms with van der Waals surface area (Å²) < 4.78 is 0. The molecule has 1 aliphatic rings. The highest BCUT2D eigenvalue weighted by atomic mass is 16.2. The van der Waals surface area contributed by atoms with Gasteiger partial charge in [0.25, 0.3) is 0 Å². The highest BCUT2D eigenvalue weighted by Crippen LogP contribution is 2.35. The predicted molar refractivity (Wildman–Crippen MR) is 125 cm³/mol. The van der Waals surface area contributed by atoms with Gasteiger partial charge in [-0.15, -0.1) is 0 Å². The maximum atomic E-state index is 7.00. The smallest absolute Gasteiger partial charge is 0.0586 e.